The van der Waals surface area contributed by atoms with Crippen LogP contribution in [0, 0.1) is 6.92 Å². The zero-order valence-corrected chi connectivity index (χ0v) is 10.7. The van der Waals surface area contributed by atoms with Crippen LogP contribution < -0.4 is 5.73 Å². The molecule has 2 rings (SSSR count). The van der Waals surface area contributed by atoms with Crippen LogP contribution in [0.1, 0.15) is 17.4 Å². The molecule has 1 heterocycles. The van der Waals surface area contributed by atoms with E-state index in [0.29, 0.717) is 6.54 Å². The summed E-state index contributed by atoms with van der Waals surface area (Å²) < 4.78 is 3.17. The van der Waals surface area contributed by atoms with Crippen molar-refractivity contribution in [1.82, 2.24) is 9.55 Å². The fraction of sp³-hybridized carbons (Fsp3) is 0.250. The first-order valence-corrected chi connectivity index (χ1v) is 5.96. The Bertz CT molecular complexity index is 479. The Hall–Kier alpha value is -1.13. The Labute approximate surface area is 103 Å². The molecule has 3 nitrogen and oxygen atoms in total. The first-order chi connectivity index (χ1) is 7.72. The van der Waals surface area contributed by atoms with Gasteiger partial charge in [0.05, 0.1) is 6.04 Å². The van der Waals surface area contributed by atoms with Crippen LogP contribution >= 0.6 is 15.9 Å². The number of nitrogens with zero attached hydrogens (tertiary/aromatic N) is 2. The highest BCUT2D eigenvalue weighted by Crippen LogP contribution is 2.21. The van der Waals surface area contributed by atoms with Gasteiger partial charge in [-0.1, -0.05) is 28.1 Å². The summed E-state index contributed by atoms with van der Waals surface area (Å²) in [6.07, 6.45) is 3.77. The smallest absolute Gasteiger partial charge is 0.106 e. The highest BCUT2D eigenvalue weighted by molar-refractivity contribution is 9.10. The third-order valence-corrected chi connectivity index (χ3v) is 3.15. The Morgan fingerprint density at radius 3 is 2.88 bits per heavy atom. The summed E-state index contributed by atoms with van der Waals surface area (Å²) in [7, 11) is 0. The molecule has 0 aliphatic heterocycles. The van der Waals surface area contributed by atoms with Crippen molar-refractivity contribution in [3.8, 4) is 0 Å². The van der Waals surface area contributed by atoms with Crippen LogP contribution in [0.3, 0.4) is 0 Å². The van der Waals surface area contributed by atoms with Crippen molar-refractivity contribution in [2.24, 2.45) is 5.73 Å². The zero-order valence-electron chi connectivity index (χ0n) is 9.10. The van der Waals surface area contributed by atoms with Crippen molar-refractivity contribution in [1.29, 1.82) is 0 Å². The van der Waals surface area contributed by atoms with Crippen molar-refractivity contribution < 1.29 is 0 Å². The molecule has 1 aromatic carbocycles. The minimum Gasteiger partial charge on any atom is -0.328 e. The van der Waals surface area contributed by atoms with Crippen LogP contribution in [0.4, 0.5) is 0 Å². The van der Waals surface area contributed by atoms with Gasteiger partial charge in [0.2, 0.25) is 0 Å². The van der Waals surface area contributed by atoms with Gasteiger partial charge in [0.25, 0.3) is 0 Å². The Balaban J connectivity index is 2.40. The van der Waals surface area contributed by atoms with E-state index in [4.69, 9.17) is 5.73 Å². The van der Waals surface area contributed by atoms with E-state index in [1.807, 2.05) is 25.3 Å². The molecule has 0 aliphatic rings. The topological polar surface area (TPSA) is 43.8 Å². The third kappa shape index (κ3) is 2.18. The Kier molecular flexibility index (Phi) is 3.41. The molecule has 0 fully saturated rings. The second-order valence-corrected chi connectivity index (χ2v) is 4.60. The minimum absolute atomic E-state index is 0.153. The second kappa shape index (κ2) is 4.80. The predicted molar refractivity (Wildman–Crippen MR) is 68.3 cm³/mol. The molecule has 0 saturated carbocycles. The number of halogens is 1. The number of aryl methyl sites for hydroxylation is 1. The Morgan fingerprint density at radius 2 is 2.31 bits per heavy atom. The van der Waals surface area contributed by atoms with E-state index in [9.17, 15) is 0 Å². The average molecular weight is 280 g/mol. The quantitative estimate of drug-likeness (QED) is 0.938. The Morgan fingerprint density at radius 1 is 1.50 bits per heavy atom. The molecule has 0 spiro atoms. The maximum atomic E-state index is 5.85. The van der Waals surface area contributed by atoms with Crippen LogP contribution in [0.5, 0.6) is 0 Å². The van der Waals surface area contributed by atoms with Crippen LogP contribution in [-0.4, -0.2) is 16.1 Å². The highest BCUT2D eigenvalue weighted by atomic mass is 79.9. The van der Waals surface area contributed by atoms with Crippen molar-refractivity contribution in [2.75, 3.05) is 6.54 Å². The van der Waals surface area contributed by atoms with Crippen molar-refractivity contribution >= 4 is 15.9 Å². The zero-order chi connectivity index (χ0) is 11.5. The van der Waals surface area contributed by atoms with E-state index in [1.54, 1.807) is 6.20 Å². The van der Waals surface area contributed by atoms with Gasteiger partial charge in [-0.3, -0.25) is 0 Å². The van der Waals surface area contributed by atoms with Crippen molar-refractivity contribution in [3.63, 3.8) is 0 Å². The third-order valence-electron chi connectivity index (χ3n) is 2.65. The van der Waals surface area contributed by atoms with Crippen molar-refractivity contribution in [2.45, 2.75) is 13.0 Å². The van der Waals surface area contributed by atoms with Gasteiger partial charge in [-0.05, 0) is 24.6 Å². The summed E-state index contributed by atoms with van der Waals surface area (Å²) in [4.78, 5) is 4.23. The van der Waals surface area contributed by atoms with E-state index < -0.39 is 0 Å². The van der Waals surface area contributed by atoms with E-state index in [-0.39, 0.29) is 6.04 Å². The van der Waals surface area contributed by atoms with Crippen LogP contribution in [0.2, 0.25) is 0 Å². The van der Waals surface area contributed by atoms with Crippen LogP contribution in [0.25, 0.3) is 0 Å². The average Bonchev–Trinajstić information content (AvgIpc) is 2.67. The van der Waals surface area contributed by atoms with Gasteiger partial charge in [-0.2, -0.15) is 0 Å². The number of benzene rings is 1. The van der Waals surface area contributed by atoms with Gasteiger partial charge in [0.15, 0.2) is 0 Å². The SMILES string of the molecule is Cc1nccn1C(CN)c1cccc(Br)c1. The number of nitrogens with two attached hydrogens (primary N) is 1. The minimum atomic E-state index is 0.153. The lowest BCUT2D eigenvalue weighted by Crippen LogP contribution is -2.20. The van der Waals surface area contributed by atoms with Gasteiger partial charge in [0.1, 0.15) is 5.82 Å². The van der Waals surface area contributed by atoms with E-state index in [2.05, 4.69) is 37.6 Å². The lowest BCUT2D eigenvalue weighted by Gasteiger charge is -2.18. The van der Waals surface area contributed by atoms with Gasteiger partial charge >= 0.3 is 0 Å². The van der Waals surface area contributed by atoms with E-state index in [0.717, 1.165) is 10.3 Å². The lowest BCUT2D eigenvalue weighted by molar-refractivity contribution is 0.578. The molecule has 84 valence electrons. The largest absolute Gasteiger partial charge is 0.328 e. The standard InChI is InChI=1S/C12H14BrN3/c1-9-15-5-6-16(9)12(8-14)10-3-2-4-11(13)7-10/h2-7,12H,8,14H2,1H3. The fourth-order valence-electron chi connectivity index (χ4n) is 1.84. The molecule has 4 heteroatoms. The highest BCUT2D eigenvalue weighted by Gasteiger charge is 2.13. The molecular weight excluding hydrogens is 266 g/mol. The molecule has 0 aliphatic carbocycles. The summed E-state index contributed by atoms with van der Waals surface area (Å²) in [6, 6.07) is 8.37. The predicted octanol–water partition coefficient (Wildman–Crippen LogP) is 2.50. The maximum absolute atomic E-state index is 5.85. The van der Waals surface area contributed by atoms with Crippen LogP contribution in [0.15, 0.2) is 41.1 Å². The number of imidazole rings is 1. The molecule has 0 bridgehead atoms. The molecular formula is C12H14BrN3. The van der Waals surface area contributed by atoms with E-state index >= 15 is 0 Å². The number of hydrogen-bond acceptors (Lipinski definition) is 2. The number of hydrogen-bond donors (Lipinski definition) is 1. The fourth-order valence-corrected chi connectivity index (χ4v) is 2.26. The molecule has 0 radical (unpaired) electrons. The molecule has 2 aromatic rings. The number of rotatable bonds is 3. The maximum Gasteiger partial charge on any atom is 0.106 e. The van der Waals surface area contributed by atoms with Gasteiger partial charge in [-0.25, -0.2) is 4.98 Å². The number of aromatic nitrogens is 2. The van der Waals surface area contributed by atoms with Gasteiger partial charge in [0, 0.05) is 23.4 Å². The summed E-state index contributed by atoms with van der Waals surface area (Å²) in [5, 5.41) is 0. The molecule has 0 saturated heterocycles. The normalized spacial score (nSPS) is 12.7. The first kappa shape index (κ1) is 11.4. The molecule has 0 amide bonds. The second-order valence-electron chi connectivity index (χ2n) is 3.69. The molecule has 1 unspecified atom stereocenters. The monoisotopic (exact) mass is 279 g/mol. The van der Waals surface area contributed by atoms with E-state index in [1.165, 1.54) is 5.56 Å². The van der Waals surface area contributed by atoms with Crippen molar-refractivity contribution in [3.05, 3.63) is 52.5 Å². The summed E-state index contributed by atoms with van der Waals surface area (Å²) in [6.45, 7) is 2.55. The summed E-state index contributed by atoms with van der Waals surface area (Å²) in [5.74, 6) is 0.982. The molecule has 1 aromatic heterocycles. The van der Waals surface area contributed by atoms with Crippen LogP contribution in [-0.2, 0) is 0 Å². The molecule has 16 heavy (non-hydrogen) atoms. The molecule has 2 N–H and O–H groups in total. The summed E-state index contributed by atoms with van der Waals surface area (Å²) in [5.41, 5.74) is 7.04. The summed E-state index contributed by atoms with van der Waals surface area (Å²) >= 11 is 3.48. The van der Waals surface area contributed by atoms with Gasteiger partial charge in [-0.15, -0.1) is 0 Å². The molecule has 1 atom stereocenters. The lowest BCUT2D eigenvalue weighted by atomic mass is 10.1. The van der Waals surface area contributed by atoms with Gasteiger partial charge < -0.3 is 10.3 Å². The first-order valence-electron chi connectivity index (χ1n) is 5.17.